The van der Waals surface area contributed by atoms with E-state index in [9.17, 15) is 17.6 Å². The molecule has 1 aromatic heterocycles. The predicted molar refractivity (Wildman–Crippen MR) is 109 cm³/mol. The van der Waals surface area contributed by atoms with Crippen molar-refractivity contribution < 1.29 is 22.3 Å². The molecule has 2 heterocycles. The third-order valence-corrected chi connectivity index (χ3v) is 7.48. The van der Waals surface area contributed by atoms with Crippen molar-refractivity contribution in [3.05, 3.63) is 60.2 Å². The molecule has 1 aliphatic heterocycles. The zero-order valence-electron chi connectivity index (χ0n) is 16.2. The molecule has 2 aromatic carbocycles. The van der Waals surface area contributed by atoms with Gasteiger partial charge >= 0.3 is 0 Å². The molecule has 30 heavy (non-hydrogen) atoms. The molecule has 0 spiro atoms. The quantitative estimate of drug-likeness (QED) is 0.625. The Labute approximate surface area is 173 Å². The lowest BCUT2D eigenvalue weighted by molar-refractivity contribution is 0.0132. The Kier molecular flexibility index (Phi) is 5.83. The van der Waals surface area contributed by atoms with Gasteiger partial charge in [-0.05, 0) is 49.6 Å². The van der Waals surface area contributed by atoms with Crippen LogP contribution in [0.3, 0.4) is 0 Å². The smallest absolute Gasteiger partial charge is 0.287 e. The Balaban J connectivity index is 1.33. The van der Waals surface area contributed by atoms with Crippen molar-refractivity contribution in [3.8, 4) is 0 Å². The topological polar surface area (TPSA) is 101 Å². The van der Waals surface area contributed by atoms with Crippen molar-refractivity contribution in [1.82, 2.24) is 15.3 Å². The summed E-state index contributed by atoms with van der Waals surface area (Å²) in [6, 6.07) is 12.5. The number of fused-ring (bicyclic) bond motifs is 1. The number of amides is 1. The van der Waals surface area contributed by atoms with Gasteiger partial charge in [0.05, 0.1) is 27.3 Å². The molecule has 4 rings (SSSR count). The minimum Gasteiger partial charge on any atom is -0.378 e. The highest BCUT2D eigenvalue weighted by Crippen LogP contribution is 2.27. The molecule has 7 nitrogen and oxygen atoms in total. The molecule has 0 bridgehead atoms. The van der Waals surface area contributed by atoms with E-state index in [2.05, 4.69) is 15.3 Å². The highest BCUT2D eigenvalue weighted by atomic mass is 32.2. The first kappa shape index (κ1) is 20.5. The normalized spacial score (nSPS) is 19.6. The summed E-state index contributed by atoms with van der Waals surface area (Å²) >= 11 is 0. The van der Waals surface area contributed by atoms with E-state index in [1.54, 1.807) is 30.3 Å². The monoisotopic (exact) mass is 431 g/mol. The Morgan fingerprint density at radius 1 is 1.23 bits per heavy atom. The van der Waals surface area contributed by atoms with Crippen LogP contribution in [0.25, 0.3) is 11.0 Å². The van der Waals surface area contributed by atoms with E-state index in [0.29, 0.717) is 48.3 Å². The van der Waals surface area contributed by atoms with E-state index in [4.69, 9.17) is 4.74 Å². The summed E-state index contributed by atoms with van der Waals surface area (Å²) in [6.45, 7) is 0.678. The van der Waals surface area contributed by atoms with Crippen LogP contribution in [0.1, 0.15) is 29.9 Å². The molecule has 1 aliphatic rings. The summed E-state index contributed by atoms with van der Waals surface area (Å²) in [4.78, 5) is 19.6. The lowest BCUT2D eigenvalue weighted by Crippen LogP contribution is -2.37. The number of ether oxygens (including phenoxy) is 1. The Morgan fingerprint density at radius 3 is 2.83 bits per heavy atom. The SMILES string of the molecule is O=C(NCC[C@@H]1C[C@@H](S(=O)(=O)c2ccccc2)CCO1)c1nc2ccc(F)cc2[nH]1. The number of nitrogens with zero attached hydrogens (tertiary/aromatic N) is 1. The molecule has 3 aromatic rings. The number of sulfone groups is 1. The van der Waals surface area contributed by atoms with Crippen molar-refractivity contribution in [2.24, 2.45) is 0 Å². The van der Waals surface area contributed by atoms with Gasteiger partial charge in [0.1, 0.15) is 5.82 Å². The van der Waals surface area contributed by atoms with E-state index in [1.165, 1.54) is 18.2 Å². The molecule has 2 N–H and O–H groups in total. The van der Waals surface area contributed by atoms with Gasteiger partial charge in [0.2, 0.25) is 0 Å². The number of carbonyl (C=O) groups is 1. The molecule has 2 atom stereocenters. The van der Waals surface area contributed by atoms with Crippen molar-refractivity contribution in [3.63, 3.8) is 0 Å². The lowest BCUT2D eigenvalue weighted by atomic mass is 10.1. The molecule has 1 amide bonds. The molecule has 1 fully saturated rings. The van der Waals surface area contributed by atoms with Crippen molar-refractivity contribution >= 4 is 26.8 Å². The Morgan fingerprint density at radius 2 is 2.03 bits per heavy atom. The van der Waals surface area contributed by atoms with Gasteiger partial charge in [-0.1, -0.05) is 18.2 Å². The number of hydrogen-bond acceptors (Lipinski definition) is 5. The zero-order chi connectivity index (χ0) is 21.1. The van der Waals surface area contributed by atoms with Gasteiger partial charge in [0, 0.05) is 13.2 Å². The third-order valence-electron chi connectivity index (χ3n) is 5.24. The number of benzene rings is 2. The molecular weight excluding hydrogens is 409 g/mol. The van der Waals surface area contributed by atoms with Crippen molar-refractivity contribution in [1.29, 1.82) is 0 Å². The van der Waals surface area contributed by atoms with E-state index in [-0.39, 0.29) is 11.9 Å². The van der Waals surface area contributed by atoms with Crippen LogP contribution in [0.4, 0.5) is 4.39 Å². The van der Waals surface area contributed by atoms with Gasteiger partial charge < -0.3 is 15.0 Å². The molecule has 0 aliphatic carbocycles. The number of nitrogens with one attached hydrogen (secondary N) is 2. The number of rotatable bonds is 6. The van der Waals surface area contributed by atoms with Crippen LogP contribution in [-0.4, -0.2) is 48.8 Å². The van der Waals surface area contributed by atoms with Crippen molar-refractivity contribution in [2.45, 2.75) is 35.5 Å². The van der Waals surface area contributed by atoms with Gasteiger partial charge in [-0.3, -0.25) is 4.79 Å². The number of aromatic nitrogens is 2. The summed E-state index contributed by atoms with van der Waals surface area (Å²) in [5.41, 5.74) is 0.954. The van der Waals surface area contributed by atoms with E-state index < -0.39 is 26.8 Å². The summed E-state index contributed by atoms with van der Waals surface area (Å²) in [7, 11) is -3.41. The maximum atomic E-state index is 13.3. The first-order chi connectivity index (χ1) is 14.4. The van der Waals surface area contributed by atoms with Crippen LogP contribution in [0.2, 0.25) is 0 Å². The second-order valence-corrected chi connectivity index (χ2v) is 9.52. The summed E-state index contributed by atoms with van der Waals surface area (Å²) in [5.74, 6) is -0.715. The Bertz CT molecular complexity index is 1150. The lowest BCUT2D eigenvalue weighted by Gasteiger charge is -2.29. The first-order valence-electron chi connectivity index (χ1n) is 9.77. The van der Waals surface area contributed by atoms with Crippen LogP contribution in [-0.2, 0) is 14.6 Å². The fourth-order valence-electron chi connectivity index (χ4n) is 3.65. The zero-order valence-corrected chi connectivity index (χ0v) is 17.0. The summed E-state index contributed by atoms with van der Waals surface area (Å²) in [5, 5.41) is 2.25. The van der Waals surface area contributed by atoms with Crippen molar-refractivity contribution in [2.75, 3.05) is 13.2 Å². The fourth-order valence-corrected chi connectivity index (χ4v) is 5.45. The van der Waals surface area contributed by atoms with Crippen LogP contribution in [0.5, 0.6) is 0 Å². The maximum Gasteiger partial charge on any atom is 0.287 e. The molecule has 1 saturated heterocycles. The largest absolute Gasteiger partial charge is 0.378 e. The van der Waals surface area contributed by atoms with Gasteiger partial charge in [0.15, 0.2) is 15.7 Å². The molecule has 9 heteroatoms. The predicted octanol–water partition coefficient (Wildman–Crippen LogP) is 2.84. The molecule has 0 radical (unpaired) electrons. The van der Waals surface area contributed by atoms with Crippen LogP contribution in [0.15, 0.2) is 53.4 Å². The average molecular weight is 431 g/mol. The standard InChI is InChI=1S/C21H22FN3O4S/c22-14-6-7-18-19(12-14)25-20(24-18)21(26)23-10-8-15-13-17(9-11-29-15)30(27,28)16-4-2-1-3-5-16/h1-7,12,15,17H,8-11,13H2,(H,23,26)(H,24,25)/t15-,17+/m1/s1. The number of halogens is 1. The number of imidazole rings is 1. The second kappa shape index (κ2) is 8.53. The number of aromatic amines is 1. The fraction of sp³-hybridized carbons (Fsp3) is 0.333. The van der Waals surface area contributed by atoms with Gasteiger partial charge in [-0.15, -0.1) is 0 Å². The summed E-state index contributed by atoms with van der Waals surface area (Å²) in [6.07, 6.45) is 1.07. The van der Waals surface area contributed by atoms with Crippen LogP contribution < -0.4 is 5.32 Å². The average Bonchev–Trinajstić information content (AvgIpc) is 3.18. The second-order valence-electron chi connectivity index (χ2n) is 7.29. The molecule has 0 unspecified atom stereocenters. The van der Waals surface area contributed by atoms with Crippen LogP contribution in [0, 0.1) is 5.82 Å². The van der Waals surface area contributed by atoms with Gasteiger partial charge in [0.25, 0.3) is 5.91 Å². The number of carbonyl (C=O) groups excluding carboxylic acids is 1. The van der Waals surface area contributed by atoms with E-state index in [0.717, 1.165) is 0 Å². The Hall–Kier alpha value is -2.78. The van der Waals surface area contributed by atoms with E-state index >= 15 is 0 Å². The number of hydrogen-bond donors (Lipinski definition) is 2. The van der Waals surface area contributed by atoms with E-state index in [1.807, 2.05) is 0 Å². The van der Waals surface area contributed by atoms with Crippen LogP contribution >= 0.6 is 0 Å². The molecule has 0 saturated carbocycles. The van der Waals surface area contributed by atoms with Gasteiger partial charge in [-0.25, -0.2) is 17.8 Å². The van der Waals surface area contributed by atoms with Gasteiger partial charge in [-0.2, -0.15) is 0 Å². The highest BCUT2D eigenvalue weighted by Gasteiger charge is 2.33. The minimum absolute atomic E-state index is 0.102. The minimum atomic E-state index is -3.41. The molecular formula is C21H22FN3O4S. The first-order valence-corrected chi connectivity index (χ1v) is 11.3. The molecule has 158 valence electrons. The maximum absolute atomic E-state index is 13.3. The summed E-state index contributed by atoms with van der Waals surface area (Å²) < 4.78 is 44.7. The number of H-pyrrole nitrogens is 1. The highest BCUT2D eigenvalue weighted by molar-refractivity contribution is 7.92. The third kappa shape index (κ3) is 4.36.